The second-order valence-electron chi connectivity index (χ2n) is 6.49. The van der Waals surface area contributed by atoms with E-state index in [0.717, 1.165) is 0 Å². The number of aromatic nitrogens is 1. The number of rotatable bonds is 3. The first-order valence-electron chi connectivity index (χ1n) is 8.12. The van der Waals surface area contributed by atoms with E-state index in [0.29, 0.717) is 22.3 Å². The maximum Gasteiger partial charge on any atom is 0.270 e. The first-order valence-corrected chi connectivity index (χ1v) is 8.12. The summed E-state index contributed by atoms with van der Waals surface area (Å²) in [6.07, 6.45) is 0. The zero-order valence-electron chi connectivity index (χ0n) is 14.0. The third-order valence-electron chi connectivity index (χ3n) is 4.72. The van der Waals surface area contributed by atoms with E-state index < -0.39 is 10.5 Å². The number of nitriles is 1. The van der Waals surface area contributed by atoms with Crippen LogP contribution in [0.2, 0.25) is 0 Å². The van der Waals surface area contributed by atoms with Crippen LogP contribution in [-0.2, 0) is 5.60 Å². The van der Waals surface area contributed by atoms with E-state index in [9.17, 15) is 24.9 Å². The number of nitro benzene ring substituents is 1. The molecule has 2 heterocycles. The van der Waals surface area contributed by atoms with Crippen LogP contribution in [-0.4, -0.2) is 28.1 Å². The summed E-state index contributed by atoms with van der Waals surface area (Å²) >= 11 is 0. The van der Waals surface area contributed by atoms with E-state index in [-0.39, 0.29) is 30.2 Å². The molecule has 1 aromatic heterocycles. The van der Waals surface area contributed by atoms with Crippen molar-refractivity contribution >= 4 is 22.4 Å². The highest BCUT2D eigenvalue weighted by molar-refractivity contribution is 5.88. The smallest absolute Gasteiger partial charge is 0.270 e. The molecule has 0 aliphatic carbocycles. The van der Waals surface area contributed by atoms with Crippen molar-refractivity contribution in [1.29, 1.82) is 5.26 Å². The van der Waals surface area contributed by atoms with Crippen molar-refractivity contribution in [1.82, 2.24) is 4.98 Å². The molecule has 7 nitrogen and oxygen atoms in total. The van der Waals surface area contributed by atoms with Gasteiger partial charge < -0.3 is 10.0 Å². The lowest BCUT2D eigenvalue weighted by Gasteiger charge is -2.47. The van der Waals surface area contributed by atoms with Gasteiger partial charge in [-0.25, -0.2) is 9.37 Å². The van der Waals surface area contributed by atoms with Crippen molar-refractivity contribution in [3.63, 3.8) is 0 Å². The molecule has 4 rings (SSSR count). The Bertz CT molecular complexity index is 1100. The predicted molar refractivity (Wildman–Crippen MR) is 95.6 cm³/mol. The lowest BCUT2D eigenvalue weighted by Crippen LogP contribution is -2.59. The molecule has 8 heteroatoms. The molecule has 0 spiro atoms. The van der Waals surface area contributed by atoms with Crippen LogP contribution < -0.4 is 4.90 Å². The summed E-state index contributed by atoms with van der Waals surface area (Å²) in [6.45, 7) is 0.490. The molecule has 27 heavy (non-hydrogen) atoms. The van der Waals surface area contributed by atoms with Crippen LogP contribution in [0.15, 0.2) is 48.5 Å². The minimum Gasteiger partial charge on any atom is -0.381 e. The van der Waals surface area contributed by atoms with Crippen molar-refractivity contribution in [2.45, 2.75) is 5.60 Å². The fourth-order valence-electron chi connectivity index (χ4n) is 3.26. The Balaban J connectivity index is 1.66. The average molecular weight is 364 g/mol. The van der Waals surface area contributed by atoms with Crippen LogP contribution in [0.3, 0.4) is 0 Å². The summed E-state index contributed by atoms with van der Waals surface area (Å²) in [5, 5.41) is 31.5. The van der Waals surface area contributed by atoms with E-state index in [1.807, 2.05) is 6.07 Å². The largest absolute Gasteiger partial charge is 0.381 e. The van der Waals surface area contributed by atoms with E-state index in [1.54, 1.807) is 23.1 Å². The molecule has 3 aromatic rings. The molecule has 1 saturated heterocycles. The molecule has 0 atom stereocenters. The maximum atomic E-state index is 13.1. The number of hydrogen-bond donors (Lipinski definition) is 1. The molecule has 1 aliphatic heterocycles. The maximum absolute atomic E-state index is 13.1. The number of β-amino-alcohol motifs (C(OH)–C–C–N with tert-alkyl or cyclic N) is 1. The summed E-state index contributed by atoms with van der Waals surface area (Å²) in [5.74, 6) is 0.127. The van der Waals surface area contributed by atoms with Gasteiger partial charge >= 0.3 is 0 Å². The highest BCUT2D eigenvalue weighted by atomic mass is 19.1. The minimum atomic E-state index is -1.12. The molecule has 0 bridgehead atoms. The number of pyridine rings is 1. The van der Waals surface area contributed by atoms with Crippen LogP contribution in [0.5, 0.6) is 0 Å². The molecule has 0 radical (unpaired) electrons. The van der Waals surface area contributed by atoms with Gasteiger partial charge in [0, 0.05) is 17.5 Å². The monoisotopic (exact) mass is 364 g/mol. The number of non-ortho nitro benzene ring substituents is 1. The van der Waals surface area contributed by atoms with Gasteiger partial charge in [0.25, 0.3) is 5.69 Å². The molecular weight excluding hydrogens is 351 g/mol. The van der Waals surface area contributed by atoms with Gasteiger partial charge in [0.05, 0.1) is 35.2 Å². The van der Waals surface area contributed by atoms with Crippen LogP contribution >= 0.6 is 0 Å². The lowest BCUT2D eigenvalue weighted by molar-refractivity contribution is -0.384. The van der Waals surface area contributed by atoms with E-state index in [1.165, 1.54) is 30.3 Å². The summed E-state index contributed by atoms with van der Waals surface area (Å²) in [4.78, 5) is 16.7. The quantitative estimate of drug-likeness (QED) is 0.566. The number of halogens is 1. The topological polar surface area (TPSA) is 103 Å². The van der Waals surface area contributed by atoms with Crippen LogP contribution in [0.1, 0.15) is 11.1 Å². The number of hydrogen-bond acceptors (Lipinski definition) is 6. The van der Waals surface area contributed by atoms with Gasteiger partial charge in [0.2, 0.25) is 0 Å². The van der Waals surface area contributed by atoms with Gasteiger partial charge in [-0.1, -0.05) is 12.1 Å². The van der Waals surface area contributed by atoms with Gasteiger partial charge in [-0.05, 0) is 29.8 Å². The highest BCUT2D eigenvalue weighted by Gasteiger charge is 2.43. The molecular formula is C19H13FN4O3. The van der Waals surface area contributed by atoms with Crippen molar-refractivity contribution in [3.05, 3.63) is 75.6 Å². The first kappa shape index (κ1) is 16.9. The second kappa shape index (κ2) is 6.00. The third-order valence-corrected chi connectivity index (χ3v) is 4.72. The zero-order chi connectivity index (χ0) is 19.2. The highest BCUT2D eigenvalue weighted by Crippen LogP contribution is 2.36. The number of fused-ring (bicyclic) bond motifs is 1. The van der Waals surface area contributed by atoms with Gasteiger partial charge in [0.1, 0.15) is 17.2 Å². The van der Waals surface area contributed by atoms with Crippen LogP contribution in [0.4, 0.5) is 15.9 Å². The molecule has 134 valence electrons. The average Bonchev–Trinajstić information content (AvgIpc) is 2.64. The Morgan fingerprint density at radius 3 is 2.56 bits per heavy atom. The molecule has 0 saturated carbocycles. The fraction of sp³-hybridized carbons (Fsp3) is 0.158. The molecule has 0 amide bonds. The SMILES string of the molecule is N#Cc1cc(N2CC(O)(c3ccc(F)cc3)C2)nc2ccc([N+](=O)[O-])cc12. The molecule has 1 fully saturated rings. The Morgan fingerprint density at radius 2 is 1.93 bits per heavy atom. The van der Waals surface area contributed by atoms with Gasteiger partial charge in [-0.3, -0.25) is 10.1 Å². The van der Waals surface area contributed by atoms with Crippen molar-refractivity contribution in [3.8, 4) is 6.07 Å². The first-order chi connectivity index (χ1) is 12.9. The Labute approximate surface area is 153 Å². The van der Waals surface area contributed by atoms with Gasteiger partial charge in [0.15, 0.2) is 0 Å². The molecule has 1 aliphatic rings. The number of nitro groups is 1. The number of benzene rings is 2. The second-order valence-corrected chi connectivity index (χ2v) is 6.49. The molecule has 1 N–H and O–H groups in total. The Kier molecular flexibility index (Phi) is 3.75. The number of nitrogens with zero attached hydrogens (tertiary/aromatic N) is 4. The van der Waals surface area contributed by atoms with Crippen molar-refractivity contribution in [2.24, 2.45) is 0 Å². The number of aliphatic hydroxyl groups is 1. The van der Waals surface area contributed by atoms with E-state index in [2.05, 4.69) is 4.98 Å². The minimum absolute atomic E-state index is 0.108. The van der Waals surface area contributed by atoms with E-state index >= 15 is 0 Å². The zero-order valence-corrected chi connectivity index (χ0v) is 14.0. The molecule has 0 unspecified atom stereocenters. The summed E-state index contributed by atoms with van der Waals surface area (Å²) in [7, 11) is 0. The van der Waals surface area contributed by atoms with Gasteiger partial charge in [-0.2, -0.15) is 5.26 Å². The number of anilines is 1. The fourth-order valence-corrected chi connectivity index (χ4v) is 3.26. The standard InChI is InChI=1S/C19H13FN4O3/c20-14-3-1-13(2-4-14)19(25)10-23(11-19)18-7-12(9-21)16-8-15(24(26)27)5-6-17(16)22-18/h1-8,25H,10-11H2. The lowest BCUT2D eigenvalue weighted by atomic mass is 9.86. The van der Waals surface area contributed by atoms with Gasteiger partial charge in [-0.15, -0.1) is 0 Å². The summed E-state index contributed by atoms with van der Waals surface area (Å²) < 4.78 is 13.1. The van der Waals surface area contributed by atoms with Crippen molar-refractivity contribution < 1.29 is 14.4 Å². The van der Waals surface area contributed by atoms with Crippen LogP contribution in [0.25, 0.3) is 10.9 Å². The Hall–Kier alpha value is -3.57. The molecule has 2 aromatic carbocycles. The van der Waals surface area contributed by atoms with Crippen LogP contribution in [0, 0.1) is 27.3 Å². The van der Waals surface area contributed by atoms with E-state index in [4.69, 9.17) is 0 Å². The normalized spacial score (nSPS) is 15.2. The summed E-state index contributed by atoms with van der Waals surface area (Å²) in [6, 6.07) is 13.4. The Morgan fingerprint density at radius 1 is 1.22 bits per heavy atom. The van der Waals surface area contributed by atoms with Crippen molar-refractivity contribution in [2.75, 3.05) is 18.0 Å². The third kappa shape index (κ3) is 2.84. The summed E-state index contributed by atoms with van der Waals surface area (Å²) in [5.41, 5.74) is 0.121. The predicted octanol–water partition coefficient (Wildman–Crippen LogP) is 2.86.